The standard InChI is InChI=1S/C10H10N6S/c11-6-1-2-7-8(3-6)17-10(15-7)12-4-9-13-5-14-16-9/h1-3,5H,4,11H2,(H,12,15)(H,13,14,16). The van der Waals surface area contributed by atoms with Crippen LogP contribution in [0.2, 0.25) is 0 Å². The van der Waals surface area contributed by atoms with E-state index in [0.717, 1.165) is 26.9 Å². The molecule has 3 aromatic rings. The molecule has 0 aliphatic carbocycles. The second-order valence-corrected chi connectivity index (χ2v) is 4.56. The van der Waals surface area contributed by atoms with Gasteiger partial charge in [-0.15, -0.1) is 0 Å². The monoisotopic (exact) mass is 246 g/mol. The molecule has 2 aromatic heterocycles. The number of anilines is 2. The first kappa shape index (κ1) is 10.0. The third kappa shape index (κ3) is 2.04. The Hall–Kier alpha value is -2.15. The average Bonchev–Trinajstić information content (AvgIpc) is 2.94. The molecule has 86 valence electrons. The zero-order valence-corrected chi connectivity index (χ0v) is 9.66. The number of nitrogens with one attached hydrogen (secondary N) is 2. The van der Waals surface area contributed by atoms with Crippen molar-refractivity contribution in [3.8, 4) is 0 Å². The van der Waals surface area contributed by atoms with Crippen molar-refractivity contribution in [2.24, 2.45) is 0 Å². The molecule has 0 atom stereocenters. The molecule has 0 aliphatic rings. The van der Waals surface area contributed by atoms with Crippen LogP contribution in [0.4, 0.5) is 10.8 Å². The quantitative estimate of drug-likeness (QED) is 0.610. The molecular formula is C10H10N6S. The maximum absolute atomic E-state index is 5.72. The predicted molar refractivity (Wildman–Crippen MR) is 67.7 cm³/mol. The van der Waals surface area contributed by atoms with Gasteiger partial charge >= 0.3 is 0 Å². The van der Waals surface area contributed by atoms with Crippen molar-refractivity contribution >= 4 is 32.4 Å². The Kier molecular flexibility index (Phi) is 2.37. The second kappa shape index (κ2) is 4.02. The van der Waals surface area contributed by atoms with Crippen LogP contribution in [0.1, 0.15) is 5.82 Å². The maximum atomic E-state index is 5.72. The summed E-state index contributed by atoms with van der Waals surface area (Å²) in [6, 6.07) is 5.69. The van der Waals surface area contributed by atoms with Crippen molar-refractivity contribution in [3.05, 3.63) is 30.4 Å². The van der Waals surface area contributed by atoms with Gasteiger partial charge in [-0.1, -0.05) is 11.3 Å². The Balaban J connectivity index is 1.81. The zero-order valence-electron chi connectivity index (χ0n) is 8.84. The molecule has 3 rings (SSSR count). The van der Waals surface area contributed by atoms with E-state index in [1.54, 1.807) is 11.3 Å². The van der Waals surface area contributed by atoms with E-state index in [1.165, 1.54) is 6.33 Å². The van der Waals surface area contributed by atoms with Crippen LogP contribution in [0, 0.1) is 0 Å². The van der Waals surface area contributed by atoms with Crippen LogP contribution in [0.3, 0.4) is 0 Å². The molecule has 4 N–H and O–H groups in total. The molecule has 0 amide bonds. The number of hydrogen-bond acceptors (Lipinski definition) is 6. The summed E-state index contributed by atoms with van der Waals surface area (Å²) in [6.07, 6.45) is 1.48. The number of fused-ring (bicyclic) bond motifs is 1. The molecule has 6 nitrogen and oxygen atoms in total. The van der Waals surface area contributed by atoms with Gasteiger partial charge in [-0.3, -0.25) is 5.10 Å². The fraction of sp³-hybridized carbons (Fsp3) is 0.100. The molecule has 0 saturated heterocycles. The van der Waals surface area contributed by atoms with Gasteiger partial charge in [-0.25, -0.2) is 9.97 Å². The van der Waals surface area contributed by atoms with Crippen molar-refractivity contribution in [2.45, 2.75) is 6.54 Å². The summed E-state index contributed by atoms with van der Waals surface area (Å²) in [5.41, 5.74) is 7.42. The molecule has 0 unspecified atom stereocenters. The van der Waals surface area contributed by atoms with Gasteiger partial charge in [0.15, 0.2) is 5.13 Å². The maximum Gasteiger partial charge on any atom is 0.184 e. The Bertz CT molecular complexity index is 629. The number of aromatic nitrogens is 4. The van der Waals surface area contributed by atoms with Gasteiger partial charge in [0.1, 0.15) is 12.2 Å². The number of benzene rings is 1. The van der Waals surface area contributed by atoms with Gasteiger partial charge in [0.2, 0.25) is 0 Å². The number of hydrogen-bond donors (Lipinski definition) is 3. The zero-order chi connectivity index (χ0) is 11.7. The van der Waals surface area contributed by atoms with Gasteiger partial charge in [0, 0.05) is 5.69 Å². The topological polar surface area (TPSA) is 92.5 Å². The summed E-state index contributed by atoms with van der Waals surface area (Å²) in [6.45, 7) is 0.579. The largest absolute Gasteiger partial charge is 0.399 e. The van der Waals surface area contributed by atoms with Crippen molar-refractivity contribution in [3.63, 3.8) is 0 Å². The van der Waals surface area contributed by atoms with Crippen LogP contribution in [-0.4, -0.2) is 20.2 Å². The molecular weight excluding hydrogens is 236 g/mol. The highest BCUT2D eigenvalue weighted by atomic mass is 32.1. The van der Waals surface area contributed by atoms with E-state index < -0.39 is 0 Å². The Morgan fingerprint density at radius 3 is 3.18 bits per heavy atom. The normalized spacial score (nSPS) is 10.8. The molecule has 0 aliphatic heterocycles. The summed E-state index contributed by atoms with van der Waals surface area (Å²) >= 11 is 1.57. The summed E-state index contributed by atoms with van der Waals surface area (Å²) in [7, 11) is 0. The number of aromatic amines is 1. The Morgan fingerprint density at radius 1 is 1.41 bits per heavy atom. The average molecular weight is 246 g/mol. The van der Waals surface area contributed by atoms with Crippen molar-refractivity contribution in [1.29, 1.82) is 0 Å². The first-order chi connectivity index (χ1) is 8.31. The number of H-pyrrole nitrogens is 1. The second-order valence-electron chi connectivity index (χ2n) is 3.53. The lowest BCUT2D eigenvalue weighted by atomic mass is 10.3. The van der Waals surface area contributed by atoms with Gasteiger partial charge < -0.3 is 11.1 Å². The van der Waals surface area contributed by atoms with E-state index in [1.807, 2.05) is 18.2 Å². The van der Waals surface area contributed by atoms with Gasteiger partial charge in [-0.2, -0.15) is 5.10 Å². The van der Waals surface area contributed by atoms with Crippen LogP contribution in [0.15, 0.2) is 24.5 Å². The number of nitrogens with zero attached hydrogens (tertiary/aromatic N) is 3. The Morgan fingerprint density at radius 2 is 2.35 bits per heavy atom. The first-order valence-corrected chi connectivity index (χ1v) is 5.87. The van der Waals surface area contributed by atoms with E-state index in [-0.39, 0.29) is 0 Å². The molecule has 0 bridgehead atoms. The fourth-order valence-corrected chi connectivity index (χ4v) is 2.40. The van der Waals surface area contributed by atoms with Crippen LogP contribution < -0.4 is 11.1 Å². The highest BCUT2D eigenvalue weighted by Crippen LogP contribution is 2.27. The summed E-state index contributed by atoms with van der Waals surface area (Å²) in [5.74, 6) is 0.781. The third-order valence-electron chi connectivity index (χ3n) is 2.28. The lowest BCUT2D eigenvalue weighted by Gasteiger charge is -1.96. The summed E-state index contributed by atoms with van der Waals surface area (Å²) < 4.78 is 1.07. The fourth-order valence-electron chi connectivity index (χ4n) is 1.49. The molecule has 0 saturated carbocycles. The lowest BCUT2D eigenvalue weighted by Crippen LogP contribution is -2.00. The molecule has 17 heavy (non-hydrogen) atoms. The minimum absolute atomic E-state index is 0.579. The van der Waals surface area contributed by atoms with Crippen molar-refractivity contribution in [1.82, 2.24) is 20.2 Å². The number of nitrogens with two attached hydrogens (primary N) is 1. The van der Waals surface area contributed by atoms with Gasteiger partial charge in [0.25, 0.3) is 0 Å². The van der Waals surface area contributed by atoms with Gasteiger partial charge in [0.05, 0.1) is 16.8 Å². The van der Waals surface area contributed by atoms with E-state index in [4.69, 9.17) is 5.73 Å². The minimum Gasteiger partial charge on any atom is -0.399 e. The van der Waals surface area contributed by atoms with E-state index in [9.17, 15) is 0 Å². The van der Waals surface area contributed by atoms with E-state index >= 15 is 0 Å². The van der Waals surface area contributed by atoms with Crippen LogP contribution in [-0.2, 0) is 6.54 Å². The molecule has 7 heteroatoms. The molecule has 1 aromatic carbocycles. The smallest absolute Gasteiger partial charge is 0.184 e. The number of rotatable bonds is 3. The predicted octanol–water partition coefficient (Wildman–Crippen LogP) is 1.61. The van der Waals surface area contributed by atoms with Crippen LogP contribution in [0.5, 0.6) is 0 Å². The van der Waals surface area contributed by atoms with E-state index in [0.29, 0.717) is 6.54 Å². The summed E-state index contributed by atoms with van der Waals surface area (Å²) in [5, 5.41) is 10.6. The number of thiazole rings is 1. The van der Waals surface area contributed by atoms with Crippen LogP contribution in [0.25, 0.3) is 10.2 Å². The molecule has 0 spiro atoms. The first-order valence-electron chi connectivity index (χ1n) is 5.05. The Labute approximate surface area is 101 Å². The third-order valence-corrected chi connectivity index (χ3v) is 3.26. The molecule has 2 heterocycles. The highest BCUT2D eigenvalue weighted by Gasteiger charge is 2.04. The van der Waals surface area contributed by atoms with Crippen LogP contribution >= 0.6 is 11.3 Å². The van der Waals surface area contributed by atoms with Gasteiger partial charge in [-0.05, 0) is 18.2 Å². The molecule has 0 fully saturated rings. The lowest BCUT2D eigenvalue weighted by molar-refractivity contribution is 0.953. The van der Waals surface area contributed by atoms with Crippen molar-refractivity contribution < 1.29 is 0 Å². The minimum atomic E-state index is 0.579. The van der Waals surface area contributed by atoms with Crippen molar-refractivity contribution in [2.75, 3.05) is 11.1 Å². The SMILES string of the molecule is Nc1ccc2nc(NCc3ncn[nH]3)sc2c1. The molecule has 0 radical (unpaired) electrons. The number of nitrogen functional groups attached to an aromatic ring is 1. The van der Waals surface area contributed by atoms with E-state index in [2.05, 4.69) is 25.5 Å². The highest BCUT2D eigenvalue weighted by molar-refractivity contribution is 7.22. The summed E-state index contributed by atoms with van der Waals surface area (Å²) in [4.78, 5) is 8.47.